The first kappa shape index (κ1) is 21.4. The molecule has 2 aromatic carbocycles. The van der Waals surface area contributed by atoms with E-state index in [2.05, 4.69) is 91.4 Å². The van der Waals surface area contributed by atoms with Crippen LogP contribution in [-0.2, 0) is 0 Å². The molecule has 0 nitrogen and oxygen atoms in total. The molecule has 0 saturated carbocycles. The van der Waals surface area contributed by atoms with Gasteiger partial charge >= 0.3 is 39.9 Å². The first-order valence-corrected chi connectivity index (χ1v) is 6.48. The average molecular weight is 471 g/mol. The fraction of sp³-hybridized carbons (Fsp3) is 0. The van der Waals surface area contributed by atoms with Gasteiger partial charge in [0, 0.05) is 0 Å². The number of allylic oxidation sites excluding steroid dienone is 5. The summed E-state index contributed by atoms with van der Waals surface area (Å²) in [6.45, 7) is 0. The van der Waals surface area contributed by atoms with Gasteiger partial charge in [0.15, 0.2) is 0 Å². The second kappa shape index (κ2) is 11.0. The van der Waals surface area contributed by atoms with Crippen LogP contribution in [0.25, 0.3) is 5.57 Å². The van der Waals surface area contributed by atoms with Crippen molar-refractivity contribution in [1.29, 1.82) is 0 Å². The molecule has 2 aromatic rings. The van der Waals surface area contributed by atoms with Gasteiger partial charge in [0.1, 0.15) is 0 Å². The van der Waals surface area contributed by atoms with E-state index in [-0.39, 0.29) is 64.8 Å². The molecule has 0 atom stereocenters. The maximum atomic E-state index is 2.16. The van der Waals surface area contributed by atoms with E-state index in [1.807, 2.05) is 0 Å². The molecule has 0 bridgehead atoms. The molecule has 0 aromatic heterocycles. The van der Waals surface area contributed by atoms with Gasteiger partial charge < -0.3 is 24.8 Å². The quantitative estimate of drug-likeness (QED) is 0.485. The van der Waals surface area contributed by atoms with Gasteiger partial charge in [-0.25, -0.2) is 0 Å². The standard InChI is InChI=1S/C19H15.2ClH.Gd/c1-4-10-16(11-5-1)19(17-12-6-2-7-13-17)18-14-8-3-9-15-18;;;/h1-15H;2*1H;/q-1;;;+2/p-2. The Hall–Kier alpha value is -0.565. The molecule has 22 heavy (non-hydrogen) atoms. The van der Waals surface area contributed by atoms with E-state index in [9.17, 15) is 0 Å². The maximum Gasteiger partial charge on any atom is 2.00 e. The van der Waals surface area contributed by atoms with Crippen LogP contribution in [0.5, 0.6) is 0 Å². The van der Waals surface area contributed by atoms with E-state index in [1.54, 1.807) is 0 Å². The van der Waals surface area contributed by atoms with Crippen LogP contribution in [0.1, 0.15) is 11.1 Å². The van der Waals surface area contributed by atoms with Crippen LogP contribution in [0.3, 0.4) is 0 Å². The fourth-order valence-electron chi connectivity index (χ4n) is 2.31. The normalized spacial score (nSPS) is 11.4. The SMILES string of the molecule is C1=C[CH-]C(=C(c2ccccc2)c2ccccc2)C=C1.[Cl-].[Cl-].[Gd+2]. The molecule has 0 saturated heterocycles. The Kier molecular flexibility index (Phi) is 10.8. The van der Waals surface area contributed by atoms with Crippen LogP contribution in [0, 0.1) is 46.4 Å². The van der Waals surface area contributed by atoms with Gasteiger partial charge in [0.25, 0.3) is 0 Å². The van der Waals surface area contributed by atoms with E-state index in [4.69, 9.17) is 0 Å². The molecular weight excluding hydrogens is 456 g/mol. The van der Waals surface area contributed by atoms with Crippen molar-refractivity contribution in [2.24, 2.45) is 0 Å². The number of halogens is 2. The third kappa shape index (κ3) is 5.26. The Labute approximate surface area is 176 Å². The minimum absolute atomic E-state index is 0. The summed E-state index contributed by atoms with van der Waals surface area (Å²) in [5.41, 5.74) is 5.03. The molecule has 0 fully saturated rings. The Morgan fingerprint density at radius 3 is 1.59 bits per heavy atom. The Morgan fingerprint density at radius 2 is 1.18 bits per heavy atom. The predicted octanol–water partition coefficient (Wildman–Crippen LogP) is -1.17. The van der Waals surface area contributed by atoms with Crippen molar-refractivity contribution in [3.8, 4) is 0 Å². The minimum atomic E-state index is 0. The van der Waals surface area contributed by atoms with Crippen molar-refractivity contribution in [1.82, 2.24) is 0 Å². The summed E-state index contributed by atoms with van der Waals surface area (Å²) in [4.78, 5) is 0. The molecular formula is C19H15Cl2Gd-. The Morgan fingerprint density at radius 1 is 0.682 bits per heavy atom. The number of hydrogen-bond donors (Lipinski definition) is 0. The molecule has 0 amide bonds. The van der Waals surface area contributed by atoms with Crippen LogP contribution in [0.15, 0.2) is 90.5 Å². The second-order valence-corrected chi connectivity index (χ2v) is 4.47. The van der Waals surface area contributed by atoms with Gasteiger partial charge in [-0.3, -0.25) is 0 Å². The zero-order valence-electron chi connectivity index (χ0n) is 11.8. The maximum absolute atomic E-state index is 2.16. The van der Waals surface area contributed by atoms with Gasteiger partial charge in [-0.1, -0.05) is 77.4 Å². The Balaban J connectivity index is 0.00000147. The van der Waals surface area contributed by atoms with E-state index in [1.165, 1.54) is 22.3 Å². The monoisotopic (exact) mass is 471 g/mol. The molecule has 1 aliphatic rings. The van der Waals surface area contributed by atoms with E-state index in [0.29, 0.717) is 0 Å². The van der Waals surface area contributed by atoms with Crippen molar-refractivity contribution in [2.45, 2.75) is 0 Å². The molecule has 0 radical (unpaired) electrons. The van der Waals surface area contributed by atoms with Crippen LogP contribution < -0.4 is 24.8 Å². The van der Waals surface area contributed by atoms with Gasteiger partial charge in [-0.2, -0.15) is 0 Å². The van der Waals surface area contributed by atoms with Crippen molar-refractivity contribution in [2.75, 3.05) is 0 Å². The van der Waals surface area contributed by atoms with Gasteiger partial charge in [-0.15, -0.1) is 36.3 Å². The summed E-state index contributed by atoms with van der Waals surface area (Å²) in [5.74, 6) is 0. The predicted molar refractivity (Wildman–Crippen MR) is 81.5 cm³/mol. The van der Waals surface area contributed by atoms with Crippen LogP contribution in [-0.4, -0.2) is 0 Å². The van der Waals surface area contributed by atoms with Crippen molar-refractivity contribution < 1.29 is 64.8 Å². The third-order valence-electron chi connectivity index (χ3n) is 3.19. The van der Waals surface area contributed by atoms with Gasteiger partial charge in [0.05, 0.1) is 0 Å². The summed E-state index contributed by atoms with van der Waals surface area (Å²) in [5, 5.41) is 0. The zero-order valence-corrected chi connectivity index (χ0v) is 15.6. The molecule has 0 spiro atoms. The van der Waals surface area contributed by atoms with Crippen molar-refractivity contribution in [3.05, 3.63) is 108 Å². The fourth-order valence-corrected chi connectivity index (χ4v) is 2.31. The van der Waals surface area contributed by atoms with Crippen LogP contribution in [0.4, 0.5) is 0 Å². The van der Waals surface area contributed by atoms with Crippen LogP contribution in [0.2, 0.25) is 0 Å². The third-order valence-corrected chi connectivity index (χ3v) is 3.19. The number of benzene rings is 2. The first-order valence-electron chi connectivity index (χ1n) is 6.48. The Bertz CT molecular complexity index is 602. The second-order valence-electron chi connectivity index (χ2n) is 4.47. The molecule has 3 rings (SSSR count). The van der Waals surface area contributed by atoms with Crippen LogP contribution >= 0.6 is 0 Å². The van der Waals surface area contributed by atoms with Crippen molar-refractivity contribution >= 4 is 5.57 Å². The minimum Gasteiger partial charge on any atom is -1.00 e. The summed E-state index contributed by atoms with van der Waals surface area (Å²) in [7, 11) is 0. The zero-order chi connectivity index (χ0) is 12.9. The molecule has 0 aliphatic heterocycles. The summed E-state index contributed by atoms with van der Waals surface area (Å²) in [6.07, 6.45) is 10.5. The first-order chi connectivity index (χ1) is 9.45. The summed E-state index contributed by atoms with van der Waals surface area (Å²) in [6, 6.07) is 21.1. The average Bonchev–Trinajstić information content (AvgIpc) is 2.51. The topological polar surface area (TPSA) is 0 Å². The molecule has 0 N–H and O–H groups in total. The van der Waals surface area contributed by atoms with E-state index in [0.717, 1.165) is 0 Å². The summed E-state index contributed by atoms with van der Waals surface area (Å²) < 4.78 is 0. The number of rotatable bonds is 2. The van der Waals surface area contributed by atoms with E-state index >= 15 is 0 Å². The molecule has 3 heteroatoms. The van der Waals surface area contributed by atoms with Gasteiger partial charge in [0.2, 0.25) is 0 Å². The van der Waals surface area contributed by atoms with Gasteiger partial charge in [-0.05, 0) is 0 Å². The molecule has 1 aliphatic carbocycles. The van der Waals surface area contributed by atoms with Crippen molar-refractivity contribution in [3.63, 3.8) is 0 Å². The largest absolute Gasteiger partial charge is 2.00 e. The molecule has 114 valence electrons. The smallest absolute Gasteiger partial charge is 1.00 e. The van der Waals surface area contributed by atoms with E-state index < -0.39 is 0 Å². The molecule has 0 unspecified atom stereocenters. The number of hydrogen-bond acceptors (Lipinski definition) is 0. The summed E-state index contributed by atoms with van der Waals surface area (Å²) >= 11 is 0. The molecule has 0 heterocycles.